The second-order valence-corrected chi connectivity index (χ2v) is 4.57. The minimum Gasteiger partial charge on any atom is -0.366 e. The average molecular weight is 322 g/mol. The van der Waals surface area contributed by atoms with Gasteiger partial charge in [0.1, 0.15) is 0 Å². The summed E-state index contributed by atoms with van der Waals surface area (Å²) in [6.45, 7) is 0. The lowest BCUT2D eigenvalue weighted by Gasteiger charge is -1.98. The first-order chi connectivity index (χ1) is 11.8. The largest absolute Gasteiger partial charge is 0.366 e. The molecule has 0 atom stereocenters. The molecule has 0 radical (unpaired) electrons. The summed E-state index contributed by atoms with van der Waals surface area (Å²) >= 11 is 0. The highest BCUT2D eigenvalue weighted by atomic mass is 15.6. The van der Waals surface area contributed by atoms with E-state index in [4.69, 9.17) is 11.5 Å². The van der Waals surface area contributed by atoms with Gasteiger partial charge in [0.15, 0.2) is 0 Å². The van der Waals surface area contributed by atoms with Crippen LogP contribution in [-0.2, 0) is 0 Å². The van der Waals surface area contributed by atoms with Crippen LogP contribution >= 0.6 is 0 Å². The van der Waals surface area contributed by atoms with Crippen LogP contribution in [0.5, 0.6) is 0 Å². The number of nitrogens with two attached hydrogens (primary N) is 2. The number of hydrogen-bond acceptors (Lipinski definition) is 8. The highest BCUT2D eigenvalue weighted by molar-refractivity contribution is 5.36. The Labute approximate surface area is 136 Å². The molecule has 0 unspecified atom stereocenters. The van der Waals surface area contributed by atoms with Crippen LogP contribution in [0.3, 0.4) is 0 Å². The Bertz CT molecular complexity index is 808. The third-order valence-electron chi connectivity index (χ3n) is 2.99. The van der Waals surface area contributed by atoms with Gasteiger partial charge in [0.2, 0.25) is 11.9 Å². The van der Waals surface area contributed by atoms with Crippen molar-refractivity contribution < 1.29 is 0 Å². The fraction of sp³-hybridized carbons (Fsp3) is 0. The number of anilines is 2. The van der Waals surface area contributed by atoms with Crippen molar-refractivity contribution in [2.24, 2.45) is 0 Å². The van der Waals surface area contributed by atoms with Gasteiger partial charge in [0.25, 0.3) is 0 Å². The van der Waals surface area contributed by atoms with Crippen LogP contribution in [0.2, 0.25) is 0 Å². The molecule has 2 aromatic carbocycles. The van der Waals surface area contributed by atoms with Crippen molar-refractivity contribution in [1.29, 1.82) is 0 Å². The Balaban J connectivity index is 0.000000141. The van der Waals surface area contributed by atoms with E-state index < -0.39 is 0 Å². The van der Waals surface area contributed by atoms with E-state index in [0.29, 0.717) is 11.9 Å². The number of tetrazole rings is 2. The first kappa shape index (κ1) is 15.1. The van der Waals surface area contributed by atoms with E-state index in [1.165, 1.54) is 9.36 Å². The van der Waals surface area contributed by atoms with Gasteiger partial charge in [-0.25, -0.2) is 0 Å². The van der Waals surface area contributed by atoms with Gasteiger partial charge < -0.3 is 11.5 Å². The van der Waals surface area contributed by atoms with E-state index in [9.17, 15) is 0 Å². The zero-order chi connectivity index (χ0) is 16.8. The highest BCUT2D eigenvalue weighted by Gasteiger charge is 2.02. The third kappa shape index (κ3) is 3.32. The van der Waals surface area contributed by atoms with Crippen LogP contribution in [0.1, 0.15) is 0 Å². The van der Waals surface area contributed by atoms with Crippen molar-refractivity contribution in [3.05, 3.63) is 60.7 Å². The Kier molecular flexibility index (Phi) is 4.38. The minimum atomic E-state index is 0.293. The molecule has 4 N–H and O–H groups in total. The van der Waals surface area contributed by atoms with Crippen LogP contribution in [0.15, 0.2) is 60.7 Å². The van der Waals surface area contributed by atoms with Crippen LogP contribution in [0.25, 0.3) is 11.4 Å². The fourth-order valence-electron chi connectivity index (χ4n) is 1.89. The molecule has 4 aromatic rings. The van der Waals surface area contributed by atoms with Crippen LogP contribution in [0.4, 0.5) is 11.9 Å². The lowest BCUT2D eigenvalue weighted by Crippen LogP contribution is -2.01. The molecule has 0 bridgehead atoms. The first-order valence-electron chi connectivity index (χ1n) is 6.94. The van der Waals surface area contributed by atoms with Crippen molar-refractivity contribution in [3.63, 3.8) is 0 Å². The van der Waals surface area contributed by atoms with Gasteiger partial charge in [0.05, 0.1) is 11.4 Å². The number of benzene rings is 2. The molecule has 0 aliphatic rings. The van der Waals surface area contributed by atoms with E-state index >= 15 is 0 Å². The average Bonchev–Trinajstić information content (AvgIpc) is 3.25. The molecule has 0 saturated heterocycles. The lowest BCUT2D eigenvalue weighted by molar-refractivity contribution is 0.792. The molecule has 24 heavy (non-hydrogen) atoms. The Morgan fingerprint density at radius 1 is 0.583 bits per heavy atom. The molecule has 2 heterocycles. The Hall–Kier alpha value is -3.82. The molecule has 10 heteroatoms. The second kappa shape index (κ2) is 6.96. The van der Waals surface area contributed by atoms with E-state index in [-0.39, 0.29) is 0 Å². The SMILES string of the molecule is Nc1nnnn1-c1ccccc1.Nc1nnnn1-c1ccccc1. The molecule has 4 rings (SSSR count). The molecule has 0 spiro atoms. The molecule has 0 amide bonds. The molecule has 0 aliphatic heterocycles. The zero-order valence-electron chi connectivity index (χ0n) is 12.5. The van der Waals surface area contributed by atoms with E-state index in [0.717, 1.165) is 11.4 Å². The van der Waals surface area contributed by atoms with Gasteiger partial charge in [-0.05, 0) is 45.1 Å². The topological polar surface area (TPSA) is 139 Å². The fourth-order valence-corrected chi connectivity index (χ4v) is 1.89. The Morgan fingerprint density at radius 3 is 1.25 bits per heavy atom. The van der Waals surface area contributed by atoms with Crippen LogP contribution in [-0.4, -0.2) is 40.4 Å². The molecule has 0 saturated carbocycles. The summed E-state index contributed by atoms with van der Waals surface area (Å²) in [4.78, 5) is 0. The predicted molar refractivity (Wildman–Crippen MR) is 87.1 cm³/mol. The number of rotatable bonds is 2. The summed E-state index contributed by atoms with van der Waals surface area (Å²) < 4.78 is 2.94. The first-order valence-corrected chi connectivity index (χ1v) is 6.94. The van der Waals surface area contributed by atoms with E-state index in [2.05, 4.69) is 31.1 Å². The van der Waals surface area contributed by atoms with E-state index in [1.54, 1.807) is 0 Å². The van der Waals surface area contributed by atoms with Crippen LogP contribution in [0, 0.1) is 0 Å². The van der Waals surface area contributed by atoms with Crippen molar-refractivity contribution in [2.75, 3.05) is 11.5 Å². The van der Waals surface area contributed by atoms with Crippen molar-refractivity contribution in [1.82, 2.24) is 40.4 Å². The van der Waals surface area contributed by atoms with Gasteiger partial charge in [-0.2, -0.15) is 9.36 Å². The smallest absolute Gasteiger partial charge is 0.245 e. The van der Waals surface area contributed by atoms with Crippen molar-refractivity contribution in [3.8, 4) is 11.4 Å². The second-order valence-electron chi connectivity index (χ2n) is 4.57. The number of hydrogen-bond donors (Lipinski definition) is 2. The third-order valence-corrected chi connectivity index (χ3v) is 2.99. The van der Waals surface area contributed by atoms with Gasteiger partial charge in [-0.3, -0.25) is 0 Å². The molecule has 0 aliphatic carbocycles. The van der Waals surface area contributed by atoms with Gasteiger partial charge in [-0.1, -0.05) is 46.6 Å². The highest BCUT2D eigenvalue weighted by Crippen LogP contribution is 2.07. The molecular weight excluding hydrogens is 308 g/mol. The van der Waals surface area contributed by atoms with Crippen molar-refractivity contribution >= 4 is 11.9 Å². The standard InChI is InChI=1S/2C7H7N5/c2*8-7-9-10-11-12(7)6-4-2-1-3-5-6/h2*1-5H,(H2,8,9,11). The summed E-state index contributed by atoms with van der Waals surface area (Å²) in [5.41, 5.74) is 12.7. The van der Waals surface area contributed by atoms with Gasteiger partial charge in [-0.15, -0.1) is 0 Å². The minimum absolute atomic E-state index is 0.293. The molecule has 10 nitrogen and oxygen atoms in total. The van der Waals surface area contributed by atoms with Gasteiger partial charge >= 0.3 is 0 Å². The summed E-state index contributed by atoms with van der Waals surface area (Å²) in [5.74, 6) is 0.586. The molecular formula is C14H14N10. The zero-order valence-corrected chi connectivity index (χ0v) is 12.5. The van der Waals surface area contributed by atoms with Gasteiger partial charge in [0, 0.05) is 0 Å². The summed E-state index contributed by atoms with van der Waals surface area (Å²) in [5, 5.41) is 21.5. The number of nitrogens with zero attached hydrogens (tertiary/aromatic N) is 8. The maximum absolute atomic E-state index is 5.50. The summed E-state index contributed by atoms with van der Waals surface area (Å²) in [7, 11) is 0. The van der Waals surface area contributed by atoms with Crippen LogP contribution < -0.4 is 11.5 Å². The summed E-state index contributed by atoms with van der Waals surface area (Å²) in [6.07, 6.45) is 0. The maximum atomic E-state index is 5.50. The monoisotopic (exact) mass is 322 g/mol. The Morgan fingerprint density at radius 2 is 0.958 bits per heavy atom. The van der Waals surface area contributed by atoms with E-state index in [1.807, 2.05) is 60.7 Å². The van der Waals surface area contributed by atoms with Crippen molar-refractivity contribution in [2.45, 2.75) is 0 Å². The summed E-state index contributed by atoms with van der Waals surface area (Å²) in [6, 6.07) is 19.0. The molecule has 0 fully saturated rings. The molecule has 120 valence electrons. The predicted octanol–water partition coefficient (Wildman–Crippen LogP) is 0.489. The normalized spacial score (nSPS) is 10.0. The number of nitrogen functional groups attached to an aromatic ring is 2. The molecule has 2 aromatic heterocycles. The quantitative estimate of drug-likeness (QED) is 0.543. The number of aromatic nitrogens is 8. The number of para-hydroxylation sites is 2. The maximum Gasteiger partial charge on any atom is 0.245 e. The lowest BCUT2D eigenvalue weighted by atomic mass is 10.3.